The van der Waals surface area contributed by atoms with Crippen LogP contribution in [0.1, 0.15) is 40.0 Å². The molecule has 1 rings (SSSR count). The van der Waals surface area contributed by atoms with E-state index in [0.717, 1.165) is 12.8 Å². The Bertz CT molecular complexity index is 361. The normalized spacial score (nSPS) is 15.1. The summed E-state index contributed by atoms with van der Waals surface area (Å²) in [6, 6.07) is -0.193. The highest BCUT2D eigenvalue weighted by Crippen LogP contribution is 2.26. The van der Waals surface area contributed by atoms with E-state index in [4.69, 9.17) is 5.11 Å². The van der Waals surface area contributed by atoms with Gasteiger partial charge in [0.15, 0.2) is 0 Å². The van der Waals surface area contributed by atoms with E-state index in [2.05, 4.69) is 5.32 Å². The van der Waals surface area contributed by atoms with Crippen LogP contribution in [0.15, 0.2) is 0 Å². The van der Waals surface area contributed by atoms with Gasteiger partial charge < -0.3 is 10.0 Å². The Morgan fingerprint density at radius 3 is 2.28 bits per heavy atom. The number of nitrogens with zero attached hydrogens (tertiary/aromatic N) is 1. The van der Waals surface area contributed by atoms with Crippen LogP contribution < -0.4 is 5.32 Å². The molecule has 0 aromatic rings. The minimum atomic E-state index is -1.17. The van der Waals surface area contributed by atoms with Crippen molar-refractivity contribution in [3.63, 3.8) is 0 Å². The van der Waals surface area contributed by atoms with Crippen molar-refractivity contribution in [1.29, 1.82) is 0 Å². The third-order valence-corrected chi connectivity index (χ3v) is 3.02. The second-order valence-corrected chi connectivity index (χ2v) is 5.24. The second-order valence-electron chi connectivity index (χ2n) is 5.24. The highest BCUT2D eigenvalue weighted by molar-refractivity contribution is 5.96. The summed E-state index contributed by atoms with van der Waals surface area (Å²) in [5.41, 5.74) is -1.17. The fourth-order valence-electron chi connectivity index (χ4n) is 1.67. The van der Waals surface area contributed by atoms with E-state index in [-0.39, 0.29) is 12.5 Å². The third-order valence-electron chi connectivity index (χ3n) is 3.02. The molecule has 0 aromatic carbocycles. The lowest BCUT2D eigenvalue weighted by atomic mass is 9.89. The third kappa shape index (κ3) is 3.72. The first-order chi connectivity index (χ1) is 8.27. The molecule has 0 heterocycles. The minimum absolute atomic E-state index is 0.212. The van der Waals surface area contributed by atoms with Crippen molar-refractivity contribution in [2.75, 3.05) is 6.54 Å². The Balaban J connectivity index is 2.49. The van der Waals surface area contributed by atoms with Crippen LogP contribution in [0.25, 0.3) is 0 Å². The van der Waals surface area contributed by atoms with Crippen molar-refractivity contribution in [1.82, 2.24) is 10.2 Å². The zero-order valence-electron chi connectivity index (χ0n) is 11.0. The maximum atomic E-state index is 11.8. The maximum Gasteiger partial charge on any atom is 0.324 e. The molecule has 3 amide bonds. The molecule has 0 atom stereocenters. The first-order valence-corrected chi connectivity index (χ1v) is 6.11. The highest BCUT2D eigenvalue weighted by atomic mass is 16.4. The van der Waals surface area contributed by atoms with Crippen LogP contribution in [0.3, 0.4) is 0 Å². The molecule has 0 aliphatic heterocycles. The molecular weight excluding hydrogens is 236 g/mol. The van der Waals surface area contributed by atoms with Gasteiger partial charge in [0.1, 0.15) is 0 Å². The number of carbonyl (C=O) groups is 3. The standard InChI is InChI=1S/C12H20N2O4/c1-4-14(8-5-6-8)11(18)13-9(15)7-12(2,3)10(16)17/h8H,4-7H2,1-3H3,(H,16,17)(H,13,15,18). The van der Waals surface area contributed by atoms with Crippen LogP contribution in [0.4, 0.5) is 4.79 Å². The zero-order valence-corrected chi connectivity index (χ0v) is 11.0. The van der Waals surface area contributed by atoms with Gasteiger partial charge in [0.05, 0.1) is 5.41 Å². The molecule has 0 spiro atoms. The van der Waals surface area contributed by atoms with Crippen molar-refractivity contribution in [3.05, 3.63) is 0 Å². The average molecular weight is 256 g/mol. The molecule has 18 heavy (non-hydrogen) atoms. The van der Waals surface area contributed by atoms with Gasteiger partial charge in [-0.1, -0.05) is 0 Å². The van der Waals surface area contributed by atoms with Gasteiger partial charge in [-0.15, -0.1) is 0 Å². The number of hydrogen-bond acceptors (Lipinski definition) is 3. The Morgan fingerprint density at radius 1 is 1.33 bits per heavy atom. The summed E-state index contributed by atoms with van der Waals surface area (Å²) in [5.74, 6) is -1.61. The van der Waals surface area contributed by atoms with Gasteiger partial charge in [-0.05, 0) is 33.6 Å². The van der Waals surface area contributed by atoms with Crippen molar-refractivity contribution < 1.29 is 19.5 Å². The van der Waals surface area contributed by atoms with Gasteiger partial charge in [0, 0.05) is 19.0 Å². The van der Waals surface area contributed by atoms with Crippen molar-refractivity contribution in [2.24, 2.45) is 5.41 Å². The van der Waals surface area contributed by atoms with E-state index >= 15 is 0 Å². The molecule has 1 aliphatic rings. The predicted molar refractivity (Wildman–Crippen MR) is 65.0 cm³/mol. The summed E-state index contributed by atoms with van der Waals surface area (Å²) in [6.45, 7) is 5.31. The fourth-order valence-corrected chi connectivity index (χ4v) is 1.67. The smallest absolute Gasteiger partial charge is 0.324 e. The van der Waals surface area contributed by atoms with E-state index in [1.807, 2.05) is 6.92 Å². The van der Waals surface area contributed by atoms with E-state index < -0.39 is 23.3 Å². The Morgan fingerprint density at radius 2 is 1.89 bits per heavy atom. The highest BCUT2D eigenvalue weighted by Gasteiger charge is 2.34. The summed E-state index contributed by atoms with van der Waals surface area (Å²) in [5, 5.41) is 11.2. The number of carboxylic acid groups (broad SMARTS) is 1. The van der Waals surface area contributed by atoms with Crippen molar-refractivity contribution in [3.8, 4) is 0 Å². The average Bonchev–Trinajstić information content (AvgIpc) is 3.01. The lowest BCUT2D eigenvalue weighted by molar-refractivity contribution is -0.149. The number of aliphatic carboxylic acids is 1. The number of hydrogen-bond donors (Lipinski definition) is 2. The van der Waals surface area contributed by atoms with Crippen LogP contribution in [0, 0.1) is 5.41 Å². The van der Waals surface area contributed by atoms with Gasteiger partial charge in [0.25, 0.3) is 0 Å². The molecule has 6 nitrogen and oxygen atoms in total. The fraction of sp³-hybridized carbons (Fsp3) is 0.750. The van der Waals surface area contributed by atoms with Crippen molar-refractivity contribution in [2.45, 2.75) is 46.1 Å². The van der Waals surface area contributed by atoms with Crippen LogP contribution >= 0.6 is 0 Å². The lowest BCUT2D eigenvalue weighted by Crippen LogP contribution is -2.45. The monoisotopic (exact) mass is 256 g/mol. The van der Waals surface area contributed by atoms with Gasteiger partial charge in [-0.3, -0.25) is 14.9 Å². The first-order valence-electron chi connectivity index (χ1n) is 6.11. The van der Waals surface area contributed by atoms with E-state index in [0.29, 0.717) is 6.54 Å². The topological polar surface area (TPSA) is 86.7 Å². The molecule has 0 aromatic heterocycles. The first kappa shape index (κ1) is 14.5. The molecule has 0 bridgehead atoms. The number of nitrogens with one attached hydrogen (secondary N) is 1. The molecule has 0 unspecified atom stereocenters. The van der Waals surface area contributed by atoms with Gasteiger partial charge >= 0.3 is 12.0 Å². The van der Waals surface area contributed by atoms with Gasteiger partial charge in [-0.2, -0.15) is 0 Å². The number of urea groups is 1. The van der Waals surface area contributed by atoms with E-state index in [9.17, 15) is 14.4 Å². The Hall–Kier alpha value is -1.59. The molecule has 2 N–H and O–H groups in total. The Labute approximate surface area is 106 Å². The predicted octanol–water partition coefficient (Wildman–Crippen LogP) is 1.21. The van der Waals surface area contributed by atoms with Crippen LogP contribution in [-0.2, 0) is 9.59 Å². The summed E-state index contributed by atoms with van der Waals surface area (Å²) in [4.78, 5) is 35.9. The molecule has 1 saturated carbocycles. The summed E-state index contributed by atoms with van der Waals surface area (Å²) < 4.78 is 0. The number of carbonyl (C=O) groups excluding carboxylic acids is 2. The summed E-state index contributed by atoms with van der Waals surface area (Å²) >= 11 is 0. The number of amides is 3. The van der Waals surface area contributed by atoms with Crippen molar-refractivity contribution >= 4 is 17.9 Å². The number of imide groups is 1. The second kappa shape index (κ2) is 5.37. The van der Waals surface area contributed by atoms with Crippen LogP contribution in [0.2, 0.25) is 0 Å². The SMILES string of the molecule is CCN(C(=O)NC(=O)CC(C)(C)C(=O)O)C1CC1. The van der Waals surface area contributed by atoms with Crippen LogP contribution in [-0.4, -0.2) is 40.5 Å². The molecule has 6 heteroatoms. The largest absolute Gasteiger partial charge is 0.481 e. The quantitative estimate of drug-likeness (QED) is 0.774. The minimum Gasteiger partial charge on any atom is -0.481 e. The molecule has 1 aliphatic carbocycles. The van der Waals surface area contributed by atoms with E-state index in [1.54, 1.807) is 4.90 Å². The summed E-state index contributed by atoms with van der Waals surface area (Å²) in [7, 11) is 0. The molecule has 0 saturated heterocycles. The number of rotatable bonds is 5. The van der Waals surface area contributed by atoms with Gasteiger partial charge in [-0.25, -0.2) is 4.79 Å². The number of carboxylic acids is 1. The van der Waals surface area contributed by atoms with Crippen LogP contribution in [0.5, 0.6) is 0 Å². The Kier molecular flexibility index (Phi) is 4.32. The lowest BCUT2D eigenvalue weighted by Gasteiger charge is -2.22. The molecular formula is C12H20N2O4. The zero-order chi connectivity index (χ0) is 13.9. The van der Waals surface area contributed by atoms with E-state index in [1.165, 1.54) is 13.8 Å². The molecule has 0 radical (unpaired) electrons. The maximum absolute atomic E-state index is 11.8. The van der Waals surface area contributed by atoms with Gasteiger partial charge in [0.2, 0.25) is 5.91 Å². The summed E-state index contributed by atoms with van der Waals surface area (Å²) in [6.07, 6.45) is 1.72. The molecule has 102 valence electrons. The molecule has 1 fully saturated rings.